The van der Waals surface area contributed by atoms with Gasteiger partial charge in [-0.05, 0) is 51.5 Å². The lowest BCUT2D eigenvalue weighted by Crippen LogP contribution is -2.62. The third kappa shape index (κ3) is 3.62. The minimum atomic E-state index is -0.131. The molecular weight excluding hydrogens is 260 g/mol. The third-order valence-corrected chi connectivity index (χ3v) is 6.61. The summed E-state index contributed by atoms with van der Waals surface area (Å²) in [4.78, 5) is 5.02. The Morgan fingerprint density at radius 2 is 1.86 bits per heavy atom. The summed E-state index contributed by atoms with van der Waals surface area (Å²) in [7, 11) is 2.22. The number of piperazine rings is 1. The van der Waals surface area contributed by atoms with Crippen LogP contribution < -0.4 is 0 Å². The Labute approximate surface area is 131 Å². The molecule has 3 atom stereocenters. The van der Waals surface area contributed by atoms with Crippen LogP contribution in [0.25, 0.3) is 0 Å². The first kappa shape index (κ1) is 17.2. The van der Waals surface area contributed by atoms with Gasteiger partial charge in [-0.3, -0.25) is 9.80 Å². The lowest BCUT2D eigenvalue weighted by atomic mass is 9.67. The smallest absolute Gasteiger partial charge is 0.0695 e. The molecule has 1 heterocycles. The Bertz CT molecular complexity index is 351. The van der Waals surface area contributed by atoms with Gasteiger partial charge in [0, 0.05) is 31.2 Å². The van der Waals surface area contributed by atoms with Crippen LogP contribution in [-0.4, -0.2) is 59.3 Å². The van der Waals surface area contributed by atoms with Crippen LogP contribution in [0.15, 0.2) is 0 Å². The zero-order valence-corrected chi connectivity index (χ0v) is 15.0. The summed E-state index contributed by atoms with van der Waals surface area (Å²) in [5.41, 5.74) is 0.617. The Kier molecular flexibility index (Phi) is 5.07. The van der Waals surface area contributed by atoms with Gasteiger partial charge in [0.1, 0.15) is 0 Å². The summed E-state index contributed by atoms with van der Waals surface area (Å²) in [5.74, 6) is 0.749. The monoisotopic (exact) mass is 296 g/mol. The molecule has 3 nitrogen and oxygen atoms in total. The van der Waals surface area contributed by atoms with E-state index in [1.54, 1.807) is 0 Å². The van der Waals surface area contributed by atoms with E-state index in [4.69, 9.17) is 0 Å². The fourth-order valence-corrected chi connectivity index (χ4v) is 4.08. The van der Waals surface area contributed by atoms with Crippen LogP contribution in [-0.2, 0) is 0 Å². The summed E-state index contributed by atoms with van der Waals surface area (Å²) in [6.45, 7) is 15.0. The Hall–Kier alpha value is -0.120. The maximum absolute atomic E-state index is 10.6. The lowest BCUT2D eigenvalue weighted by molar-refractivity contribution is -0.0600. The number of likely N-dealkylation sites (N-methyl/N-ethyl adjacent to an activating group) is 1. The second-order valence-corrected chi connectivity index (χ2v) is 8.69. The van der Waals surface area contributed by atoms with E-state index in [0.717, 1.165) is 32.0 Å². The van der Waals surface area contributed by atoms with E-state index >= 15 is 0 Å². The van der Waals surface area contributed by atoms with Crippen LogP contribution in [0, 0.1) is 11.3 Å². The Balaban J connectivity index is 2.07. The summed E-state index contributed by atoms with van der Waals surface area (Å²) in [5, 5.41) is 10.6. The van der Waals surface area contributed by atoms with Gasteiger partial charge in [-0.25, -0.2) is 0 Å². The minimum Gasteiger partial charge on any atom is -0.391 e. The van der Waals surface area contributed by atoms with Crippen LogP contribution >= 0.6 is 0 Å². The molecule has 3 heteroatoms. The molecule has 1 saturated carbocycles. The quantitative estimate of drug-likeness (QED) is 0.867. The molecule has 0 amide bonds. The lowest BCUT2D eigenvalue weighted by Gasteiger charge is -2.51. The van der Waals surface area contributed by atoms with Gasteiger partial charge in [0.25, 0.3) is 0 Å². The van der Waals surface area contributed by atoms with Crippen molar-refractivity contribution in [3.8, 4) is 0 Å². The number of rotatable bonds is 3. The molecule has 0 radical (unpaired) electrons. The van der Waals surface area contributed by atoms with Crippen molar-refractivity contribution >= 4 is 0 Å². The summed E-state index contributed by atoms with van der Waals surface area (Å²) < 4.78 is 0. The summed E-state index contributed by atoms with van der Waals surface area (Å²) in [6, 6.07) is 0.363. The highest BCUT2D eigenvalue weighted by Crippen LogP contribution is 2.42. The molecule has 0 spiro atoms. The molecule has 1 aliphatic heterocycles. The molecule has 1 N–H and O–H groups in total. The standard InChI is InChI=1S/C18H36N2O/c1-7-17(2,3)14-8-9-16(21)15(12-14)20-11-10-19(6)18(4,5)13-20/h14-16,21H,7-13H2,1-6H3. The van der Waals surface area contributed by atoms with Crippen LogP contribution in [0.2, 0.25) is 0 Å². The highest BCUT2D eigenvalue weighted by molar-refractivity contribution is 4.96. The second kappa shape index (κ2) is 6.17. The van der Waals surface area contributed by atoms with Crippen LogP contribution in [0.4, 0.5) is 0 Å². The van der Waals surface area contributed by atoms with Gasteiger partial charge < -0.3 is 5.11 Å². The predicted molar refractivity (Wildman–Crippen MR) is 89.5 cm³/mol. The molecule has 1 saturated heterocycles. The number of aliphatic hydroxyl groups is 1. The molecule has 124 valence electrons. The molecule has 21 heavy (non-hydrogen) atoms. The van der Waals surface area contributed by atoms with E-state index in [0.29, 0.717) is 11.5 Å². The van der Waals surface area contributed by atoms with E-state index in [1.165, 1.54) is 19.3 Å². The maximum atomic E-state index is 10.6. The summed E-state index contributed by atoms with van der Waals surface area (Å²) >= 11 is 0. The Morgan fingerprint density at radius 3 is 2.43 bits per heavy atom. The molecule has 2 aliphatic rings. The van der Waals surface area contributed by atoms with Crippen LogP contribution in [0.5, 0.6) is 0 Å². The first-order chi connectivity index (χ1) is 9.67. The SMILES string of the molecule is CCC(C)(C)C1CCC(O)C(N2CCN(C)C(C)(C)C2)C1. The van der Waals surface area contributed by atoms with Crippen LogP contribution in [0.3, 0.4) is 0 Å². The topological polar surface area (TPSA) is 26.7 Å². The van der Waals surface area contributed by atoms with Crippen molar-refractivity contribution in [2.75, 3.05) is 26.7 Å². The van der Waals surface area contributed by atoms with Gasteiger partial charge in [0.2, 0.25) is 0 Å². The van der Waals surface area contributed by atoms with Crippen molar-refractivity contribution < 1.29 is 5.11 Å². The number of aliphatic hydroxyl groups excluding tert-OH is 1. The average molecular weight is 296 g/mol. The average Bonchev–Trinajstić information content (AvgIpc) is 2.42. The van der Waals surface area contributed by atoms with Gasteiger partial charge in [-0.2, -0.15) is 0 Å². The maximum Gasteiger partial charge on any atom is 0.0695 e. The van der Waals surface area contributed by atoms with Gasteiger partial charge >= 0.3 is 0 Å². The predicted octanol–water partition coefficient (Wildman–Crippen LogP) is 2.98. The van der Waals surface area contributed by atoms with E-state index in [1.807, 2.05) is 0 Å². The van der Waals surface area contributed by atoms with Gasteiger partial charge in [-0.1, -0.05) is 27.2 Å². The highest BCUT2D eigenvalue weighted by Gasteiger charge is 2.42. The highest BCUT2D eigenvalue weighted by atomic mass is 16.3. The van der Waals surface area contributed by atoms with E-state index in [2.05, 4.69) is 51.5 Å². The zero-order chi connectivity index (χ0) is 15.8. The number of hydrogen-bond acceptors (Lipinski definition) is 3. The van der Waals surface area contributed by atoms with Crippen molar-refractivity contribution in [1.29, 1.82) is 0 Å². The van der Waals surface area contributed by atoms with Crippen molar-refractivity contribution in [2.45, 2.75) is 78.0 Å². The van der Waals surface area contributed by atoms with E-state index in [9.17, 15) is 5.11 Å². The Morgan fingerprint density at radius 1 is 1.19 bits per heavy atom. The molecule has 1 aliphatic carbocycles. The van der Waals surface area contributed by atoms with Gasteiger partial charge in [0.15, 0.2) is 0 Å². The second-order valence-electron chi connectivity index (χ2n) is 8.69. The van der Waals surface area contributed by atoms with Crippen molar-refractivity contribution in [3.05, 3.63) is 0 Å². The molecular formula is C18H36N2O. The fourth-order valence-electron chi connectivity index (χ4n) is 4.08. The molecule has 0 aromatic carbocycles. The van der Waals surface area contributed by atoms with Gasteiger partial charge in [0.05, 0.1) is 6.10 Å². The molecule has 3 unspecified atom stereocenters. The van der Waals surface area contributed by atoms with Crippen molar-refractivity contribution in [2.24, 2.45) is 11.3 Å². The first-order valence-corrected chi connectivity index (χ1v) is 8.81. The molecule has 0 aromatic rings. The molecule has 2 fully saturated rings. The first-order valence-electron chi connectivity index (χ1n) is 8.81. The number of nitrogens with zero attached hydrogens (tertiary/aromatic N) is 2. The molecule has 0 bridgehead atoms. The van der Waals surface area contributed by atoms with Crippen molar-refractivity contribution in [1.82, 2.24) is 9.80 Å². The zero-order valence-electron chi connectivity index (χ0n) is 15.0. The minimum absolute atomic E-state index is 0.131. The van der Waals surface area contributed by atoms with Gasteiger partial charge in [-0.15, -0.1) is 0 Å². The van der Waals surface area contributed by atoms with Crippen molar-refractivity contribution in [3.63, 3.8) is 0 Å². The van der Waals surface area contributed by atoms with E-state index in [-0.39, 0.29) is 11.6 Å². The molecule has 2 rings (SSSR count). The largest absolute Gasteiger partial charge is 0.391 e. The fraction of sp³-hybridized carbons (Fsp3) is 1.00. The molecule has 0 aromatic heterocycles. The third-order valence-electron chi connectivity index (χ3n) is 6.61. The van der Waals surface area contributed by atoms with Crippen LogP contribution in [0.1, 0.15) is 60.3 Å². The summed E-state index contributed by atoms with van der Waals surface area (Å²) in [6.07, 6.45) is 4.44. The normalized spacial score (nSPS) is 35.9. The number of hydrogen-bond donors (Lipinski definition) is 1. The van der Waals surface area contributed by atoms with E-state index < -0.39 is 0 Å².